The fourth-order valence-electron chi connectivity index (χ4n) is 4.47. The number of rotatable bonds is 6. The van der Waals surface area contributed by atoms with Gasteiger partial charge in [-0.25, -0.2) is 4.98 Å². The number of methoxy groups -OCH3 is 1. The lowest BCUT2D eigenvalue weighted by atomic mass is 9.97. The second-order valence-corrected chi connectivity index (χ2v) is 8.78. The van der Waals surface area contributed by atoms with Gasteiger partial charge in [-0.15, -0.1) is 0 Å². The predicted octanol–water partition coefficient (Wildman–Crippen LogP) is 4.99. The number of aryl methyl sites for hydroxylation is 1. The maximum atomic E-state index is 13.2. The first-order valence-corrected chi connectivity index (χ1v) is 11.6. The van der Waals surface area contributed by atoms with Gasteiger partial charge in [-0.05, 0) is 31.9 Å². The van der Waals surface area contributed by atoms with Crippen molar-refractivity contribution in [3.8, 4) is 17.0 Å². The number of benzene rings is 2. The highest BCUT2D eigenvalue weighted by atomic mass is 16.5. The van der Waals surface area contributed by atoms with E-state index in [2.05, 4.69) is 15.2 Å². The van der Waals surface area contributed by atoms with Crippen molar-refractivity contribution in [3.05, 3.63) is 89.3 Å². The first-order valence-electron chi connectivity index (χ1n) is 11.6. The van der Waals surface area contributed by atoms with E-state index in [1.54, 1.807) is 13.3 Å². The summed E-state index contributed by atoms with van der Waals surface area (Å²) in [7, 11) is 1.67. The molecular weight excluding hydrogens is 428 g/mol. The number of nitrogens with one attached hydrogen (secondary N) is 1. The molecular formula is C27H28N4O3. The van der Waals surface area contributed by atoms with E-state index in [4.69, 9.17) is 9.15 Å². The number of aromatic amines is 1. The van der Waals surface area contributed by atoms with Crippen molar-refractivity contribution in [2.45, 2.75) is 32.1 Å². The Kier molecular flexibility index (Phi) is 6.16. The number of carbonyl (C=O) groups is 1. The lowest BCUT2D eigenvalue weighted by Crippen LogP contribution is -2.39. The van der Waals surface area contributed by atoms with E-state index >= 15 is 0 Å². The molecule has 0 bridgehead atoms. The summed E-state index contributed by atoms with van der Waals surface area (Å²) in [4.78, 5) is 19.6. The SMILES string of the molecule is COc1ccccc1Cc1cnc(C2CCCN(C(=O)c3cc(-c4ccc(C)cc4)n[nH]3)C2)o1. The molecule has 1 unspecified atom stereocenters. The number of oxazole rings is 1. The van der Waals surface area contributed by atoms with Gasteiger partial charge in [0, 0.05) is 30.6 Å². The van der Waals surface area contributed by atoms with Crippen molar-refractivity contribution in [2.75, 3.05) is 20.2 Å². The molecule has 0 aliphatic carbocycles. The minimum absolute atomic E-state index is 0.0450. The van der Waals surface area contributed by atoms with Crippen LogP contribution in [0.3, 0.4) is 0 Å². The fourth-order valence-corrected chi connectivity index (χ4v) is 4.47. The summed E-state index contributed by atoms with van der Waals surface area (Å²) in [5.74, 6) is 2.34. The number of aromatic nitrogens is 3. The summed E-state index contributed by atoms with van der Waals surface area (Å²) in [6, 6.07) is 17.8. The Bertz CT molecular complexity index is 1280. The van der Waals surface area contributed by atoms with E-state index in [1.165, 1.54) is 5.56 Å². The van der Waals surface area contributed by atoms with Crippen LogP contribution in [-0.4, -0.2) is 46.2 Å². The zero-order valence-electron chi connectivity index (χ0n) is 19.5. The third-order valence-corrected chi connectivity index (χ3v) is 6.34. The quantitative estimate of drug-likeness (QED) is 0.442. The Morgan fingerprint density at radius 3 is 2.85 bits per heavy atom. The molecule has 2 aromatic carbocycles. The van der Waals surface area contributed by atoms with Crippen molar-refractivity contribution >= 4 is 5.91 Å². The highest BCUT2D eigenvalue weighted by molar-refractivity contribution is 5.93. The molecule has 3 heterocycles. The zero-order chi connectivity index (χ0) is 23.5. The molecule has 1 amide bonds. The monoisotopic (exact) mass is 456 g/mol. The van der Waals surface area contributed by atoms with E-state index in [1.807, 2.05) is 66.4 Å². The highest BCUT2D eigenvalue weighted by Gasteiger charge is 2.29. The zero-order valence-corrected chi connectivity index (χ0v) is 19.5. The summed E-state index contributed by atoms with van der Waals surface area (Å²) < 4.78 is 11.6. The lowest BCUT2D eigenvalue weighted by molar-refractivity contribution is 0.0692. The van der Waals surface area contributed by atoms with E-state index in [-0.39, 0.29) is 11.8 Å². The molecule has 1 aliphatic heterocycles. The second-order valence-electron chi connectivity index (χ2n) is 8.78. The molecule has 1 aliphatic rings. The average molecular weight is 457 g/mol. The van der Waals surface area contributed by atoms with E-state index in [0.29, 0.717) is 31.1 Å². The van der Waals surface area contributed by atoms with Crippen molar-refractivity contribution in [1.29, 1.82) is 0 Å². The first kappa shape index (κ1) is 21.9. The minimum atomic E-state index is -0.0450. The summed E-state index contributed by atoms with van der Waals surface area (Å²) in [6.45, 7) is 3.33. The standard InChI is InChI=1S/C27H28N4O3/c1-18-9-11-19(12-10-18)23-15-24(30-29-23)27(32)31-13-5-7-21(17-31)26-28-16-22(34-26)14-20-6-3-4-8-25(20)33-2/h3-4,6,8-12,15-16,21H,5,7,13-14,17H2,1-2H3,(H,29,30). The maximum absolute atomic E-state index is 13.2. The van der Waals surface area contributed by atoms with Gasteiger partial charge in [0.15, 0.2) is 5.89 Å². The number of nitrogens with zero attached hydrogens (tertiary/aromatic N) is 3. The van der Waals surface area contributed by atoms with Gasteiger partial charge in [0.1, 0.15) is 17.2 Å². The fraction of sp³-hybridized carbons (Fsp3) is 0.296. The number of para-hydroxylation sites is 1. The number of ether oxygens (including phenoxy) is 1. The van der Waals surface area contributed by atoms with Crippen molar-refractivity contribution in [1.82, 2.24) is 20.1 Å². The molecule has 1 atom stereocenters. The van der Waals surface area contributed by atoms with Crippen LogP contribution >= 0.6 is 0 Å². The van der Waals surface area contributed by atoms with Crippen LogP contribution in [0.5, 0.6) is 5.75 Å². The Morgan fingerprint density at radius 2 is 2.03 bits per heavy atom. The number of piperidine rings is 1. The smallest absolute Gasteiger partial charge is 0.271 e. The van der Waals surface area contributed by atoms with Gasteiger partial charge in [-0.3, -0.25) is 9.89 Å². The van der Waals surface area contributed by atoms with E-state index in [9.17, 15) is 4.79 Å². The van der Waals surface area contributed by atoms with Crippen LogP contribution in [0.25, 0.3) is 11.3 Å². The second kappa shape index (κ2) is 9.55. The van der Waals surface area contributed by atoms with Crippen LogP contribution in [-0.2, 0) is 6.42 Å². The van der Waals surface area contributed by atoms with Gasteiger partial charge in [0.2, 0.25) is 0 Å². The molecule has 5 rings (SSSR count). The van der Waals surface area contributed by atoms with Crippen LogP contribution in [0, 0.1) is 6.92 Å². The molecule has 2 aromatic heterocycles. The lowest BCUT2D eigenvalue weighted by Gasteiger charge is -2.30. The van der Waals surface area contributed by atoms with Crippen LogP contribution in [0.15, 0.2) is 65.2 Å². The van der Waals surface area contributed by atoms with Crippen LogP contribution in [0.2, 0.25) is 0 Å². The summed E-state index contributed by atoms with van der Waals surface area (Å²) in [6.07, 6.45) is 4.24. The highest BCUT2D eigenvalue weighted by Crippen LogP contribution is 2.29. The largest absolute Gasteiger partial charge is 0.496 e. The molecule has 0 spiro atoms. The third-order valence-electron chi connectivity index (χ3n) is 6.34. The van der Waals surface area contributed by atoms with Crippen LogP contribution in [0.4, 0.5) is 0 Å². The average Bonchev–Trinajstić information content (AvgIpc) is 3.55. The molecule has 1 N–H and O–H groups in total. The number of hydrogen-bond donors (Lipinski definition) is 1. The van der Waals surface area contributed by atoms with Gasteiger partial charge in [-0.1, -0.05) is 48.0 Å². The van der Waals surface area contributed by atoms with Crippen LogP contribution in [0.1, 0.15) is 52.0 Å². The Labute approximate surface area is 198 Å². The molecule has 7 nitrogen and oxygen atoms in total. The molecule has 0 radical (unpaired) electrons. The Hall–Kier alpha value is -3.87. The van der Waals surface area contributed by atoms with Crippen molar-refractivity contribution in [3.63, 3.8) is 0 Å². The van der Waals surface area contributed by atoms with Crippen molar-refractivity contribution in [2.24, 2.45) is 0 Å². The third kappa shape index (κ3) is 4.59. The summed E-state index contributed by atoms with van der Waals surface area (Å²) >= 11 is 0. The number of hydrogen-bond acceptors (Lipinski definition) is 5. The van der Waals surface area contributed by atoms with E-state index < -0.39 is 0 Å². The number of amides is 1. The maximum Gasteiger partial charge on any atom is 0.271 e. The molecule has 1 fully saturated rings. The summed E-state index contributed by atoms with van der Waals surface area (Å²) in [5, 5.41) is 7.27. The normalized spacial score (nSPS) is 15.9. The van der Waals surface area contributed by atoms with Gasteiger partial charge in [-0.2, -0.15) is 5.10 Å². The number of H-pyrrole nitrogens is 1. The van der Waals surface area contributed by atoms with Crippen LogP contribution < -0.4 is 4.74 Å². The first-order chi connectivity index (χ1) is 16.6. The predicted molar refractivity (Wildman–Crippen MR) is 129 cm³/mol. The van der Waals surface area contributed by atoms with Gasteiger partial charge in [0.25, 0.3) is 5.91 Å². The molecule has 174 valence electrons. The van der Waals surface area contributed by atoms with Gasteiger partial charge < -0.3 is 14.1 Å². The van der Waals surface area contributed by atoms with Crippen molar-refractivity contribution < 1.29 is 13.9 Å². The molecule has 34 heavy (non-hydrogen) atoms. The molecule has 1 saturated heterocycles. The van der Waals surface area contributed by atoms with E-state index in [0.717, 1.165) is 41.2 Å². The Morgan fingerprint density at radius 1 is 1.21 bits per heavy atom. The van der Waals surface area contributed by atoms with Gasteiger partial charge in [0.05, 0.1) is 24.9 Å². The molecule has 4 aromatic rings. The summed E-state index contributed by atoms with van der Waals surface area (Å²) in [5.41, 5.74) is 4.50. The molecule has 0 saturated carbocycles. The number of likely N-dealkylation sites (tertiary alicyclic amines) is 1. The molecule has 7 heteroatoms. The number of carbonyl (C=O) groups excluding carboxylic acids is 1. The van der Waals surface area contributed by atoms with Gasteiger partial charge >= 0.3 is 0 Å². The topological polar surface area (TPSA) is 84.2 Å². The Balaban J connectivity index is 1.26. The minimum Gasteiger partial charge on any atom is -0.496 e.